The van der Waals surface area contributed by atoms with Gasteiger partial charge in [0.25, 0.3) is 0 Å². The molecule has 150 valence electrons. The molecule has 0 saturated carbocycles. The minimum atomic E-state index is -0.482. The molecule has 2 aromatic rings. The van der Waals surface area contributed by atoms with Gasteiger partial charge < -0.3 is 25.2 Å². The molecular weight excluding hydrogens is 352 g/mol. The number of ether oxygens (including phenoxy) is 2. The number of nitrogens with zero attached hydrogens (tertiary/aromatic N) is 1. The zero-order valence-electron chi connectivity index (χ0n) is 16.6. The van der Waals surface area contributed by atoms with Crippen LogP contribution in [0.5, 0.6) is 0 Å². The van der Waals surface area contributed by atoms with Crippen LogP contribution in [0, 0.1) is 5.92 Å². The smallest absolute Gasteiger partial charge is 0.185 e. The third-order valence-corrected chi connectivity index (χ3v) is 5.24. The standard InChI is InChI=1S/C23H30N2O3/c1-4-12-25(3)14-21-16(2)22(18-10-8-17(15-26)9-11-18)28-23(27-21)19-6-5-7-20(24)13-19/h4-11,13,16,21-23,26H,1,12,14-15,24H2,2-3H3. The van der Waals surface area contributed by atoms with Gasteiger partial charge in [-0.3, -0.25) is 0 Å². The van der Waals surface area contributed by atoms with E-state index in [4.69, 9.17) is 15.2 Å². The highest BCUT2D eigenvalue weighted by Gasteiger charge is 2.38. The number of anilines is 1. The second-order valence-corrected chi connectivity index (χ2v) is 7.50. The summed E-state index contributed by atoms with van der Waals surface area (Å²) in [6.45, 7) is 7.59. The molecule has 0 aromatic heterocycles. The first-order valence-electron chi connectivity index (χ1n) is 9.67. The molecule has 0 aliphatic carbocycles. The highest BCUT2D eigenvalue weighted by Crippen LogP contribution is 2.41. The van der Waals surface area contributed by atoms with Crippen LogP contribution in [0.3, 0.4) is 0 Å². The van der Waals surface area contributed by atoms with E-state index < -0.39 is 6.29 Å². The van der Waals surface area contributed by atoms with Crippen molar-refractivity contribution in [3.63, 3.8) is 0 Å². The van der Waals surface area contributed by atoms with Crippen LogP contribution in [-0.4, -0.2) is 36.2 Å². The van der Waals surface area contributed by atoms with Gasteiger partial charge >= 0.3 is 0 Å². The molecule has 1 heterocycles. The van der Waals surface area contributed by atoms with E-state index in [9.17, 15) is 5.11 Å². The zero-order valence-corrected chi connectivity index (χ0v) is 16.6. The molecule has 1 fully saturated rings. The Balaban J connectivity index is 1.88. The highest BCUT2D eigenvalue weighted by molar-refractivity contribution is 5.41. The van der Waals surface area contributed by atoms with Crippen molar-refractivity contribution in [2.24, 2.45) is 5.92 Å². The van der Waals surface area contributed by atoms with Crippen molar-refractivity contribution in [2.75, 3.05) is 25.9 Å². The van der Waals surface area contributed by atoms with E-state index in [2.05, 4.69) is 25.5 Å². The Labute approximate surface area is 167 Å². The molecule has 1 aliphatic heterocycles. The molecule has 0 radical (unpaired) electrons. The summed E-state index contributed by atoms with van der Waals surface area (Å²) >= 11 is 0. The third-order valence-electron chi connectivity index (χ3n) is 5.24. The van der Waals surface area contributed by atoms with Crippen LogP contribution in [0.25, 0.3) is 0 Å². The van der Waals surface area contributed by atoms with Crippen molar-refractivity contribution in [2.45, 2.75) is 32.0 Å². The van der Waals surface area contributed by atoms with E-state index in [1.165, 1.54) is 0 Å². The summed E-state index contributed by atoms with van der Waals surface area (Å²) in [5.41, 5.74) is 9.54. The summed E-state index contributed by atoms with van der Waals surface area (Å²) < 4.78 is 12.8. The second-order valence-electron chi connectivity index (χ2n) is 7.50. The molecule has 4 unspecified atom stereocenters. The van der Waals surface area contributed by atoms with Crippen LogP contribution in [0.4, 0.5) is 5.69 Å². The fourth-order valence-electron chi connectivity index (χ4n) is 3.64. The van der Waals surface area contributed by atoms with Gasteiger partial charge in [0.1, 0.15) is 0 Å². The average molecular weight is 383 g/mol. The largest absolute Gasteiger partial charge is 0.399 e. The van der Waals surface area contributed by atoms with Gasteiger partial charge in [-0.1, -0.05) is 49.4 Å². The quantitative estimate of drug-likeness (QED) is 0.565. The van der Waals surface area contributed by atoms with Crippen molar-refractivity contribution in [3.05, 3.63) is 77.9 Å². The van der Waals surface area contributed by atoms with Crippen molar-refractivity contribution in [1.82, 2.24) is 4.90 Å². The van der Waals surface area contributed by atoms with E-state index in [1.807, 2.05) is 54.6 Å². The number of rotatable bonds is 7. The van der Waals surface area contributed by atoms with E-state index >= 15 is 0 Å². The molecule has 0 bridgehead atoms. The number of benzene rings is 2. The number of aliphatic hydroxyl groups is 1. The molecule has 5 heteroatoms. The molecule has 1 aliphatic rings. The van der Waals surface area contributed by atoms with Gasteiger partial charge in [-0.15, -0.1) is 6.58 Å². The molecule has 4 atom stereocenters. The Bertz CT molecular complexity index is 778. The Morgan fingerprint density at radius 3 is 2.54 bits per heavy atom. The zero-order chi connectivity index (χ0) is 20.1. The Kier molecular flexibility index (Phi) is 6.86. The summed E-state index contributed by atoms with van der Waals surface area (Å²) in [7, 11) is 2.06. The lowest BCUT2D eigenvalue weighted by Gasteiger charge is -2.42. The summed E-state index contributed by atoms with van der Waals surface area (Å²) in [6.07, 6.45) is 1.29. The van der Waals surface area contributed by atoms with Gasteiger partial charge in [-0.25, -0.2) is 0 Å². The van der Waals surface area contributed by atoms with E-state index in [0.29, 0.717) is 5.69 Å². The predicted octanol–water partition coefficient (Wildman–Crippen LogP) is 3.67. The van der Waals surface area contributed by atoms with Gasteiger partial charge in [-0.2, -0.15) is 0 Å². The van der Waals surface area contributed by atoms with Gasteiger partial charge in [0.05, 0.1) is 18.8 Å². The van der Waals surface area contributed by atoms with Crippen LogP contribution in [0.2, 0.25) is 0 Å². The number of nitrogens with two attached hydrogens (primary N) is 1. The molecule has 0 spiro atoms. The van der Waals surface area contributed by atoms with Crippen LogP contribution in [-0.2, 0) is 16.1 Å². The van der Waals surface area contributed by atoms with Gasteiger partial charge in [0, 0.05) is 30.3 Å². The first-order valence-corrected chi connectivity index (χ1v) is 9.67. The van der Waals surface area contributed by atoms with E-state index in [0.717, 1.165) is 29.8 Å². The molecule has 3 rings (SSSR count). The number of likely N-dealkylation sites (N-methyl/N-ethyl adjacent to an activating group) is 1. The summed E-state index contributed by atoms with van der Waals surface area (Å²) in [5, 5.41) is 9.32. The van der Waals surface area contributed by atoms with Crippen molar-refractivity contribution >= 4 is 5.69 Å². The monoisotopic (exact) mass is 382 g/mol. The SMILES string of the molecule is C=CCN(C)CC1OC(c2cccc(N)c2)OC(c2ccc(CO)cc2)C1C. The van der Waals surface area contributed by atoms with Crippen LogP contribution >= 0.6 is 0 Å². The normalized spacial score (nSPS) is 25.0. The summed E-state index contributed by atoms with van der Waals surface area (Å²) in [4.78, 5) is 2.20. The van der Waals surface area contributed by atoms with Gasteiger partial charge in [0.15, 0.2) is 6.29 Å². The Morgan fingerprint density at radius 2 is 1.89 bits per heavy atom. The minimum Gasteiger partial charge on any atom is -0.399 e. The molecule has 5 nitrogen and oxygen atoms in total. The molecule has 2 aromatic carbocycles. The highest BCUT2D eigenvalue weighted by atomic mass is 16.7. The molecule has 28 heavy (non-hydrogen) atoms. The first-order chi connectivity index (χ1) is 13.5. The van der Waals surface area contributed by atoms with E-state index in [1.54, 1.807) is 0 Å². The lowest BCUT2D eigenvalue weighted by molar-refractivity contribution is -0.275. The fourth-order valence-corrected chi connectivity index (χ4v) is 3.64. The van der Waals surface area contributed by atoms with Crippen molar-refractivity contribution in [1.29, 1.82) is 0 Å². The molecule has 1 saturated heterocycles. The fraction of sp³-hybridized carbons (Fsp3) is 0.391. The topological polar surface area (TPSA) is 68.0 Å². The summed E-state index contributed by atoms with van der Waals surface area (Å²) in [5.74, 6) is 0.157. The maximum Gasteiger partial charge on any atom is 0.185 e. The number of hydrogen-bond acceptors (Lipinski definition) is 5. The number of aliphatic hydroxyl groups excluding tert-OH is 1. The van der Waals surface area contributed by atoms with Crippen molar-refractivity contribution in [3.8, 4) is 0 Å². The van der Waals surface area contributed by atoms with Crippen molar-refractivity contribution < 1.29 is 14.6 Å². The van der Waals surface area contributed by atoms with Crippen LogP contribution in [0.1, 0.15) is 36.0 Å². The maximum atomic E-state index is 9.32. The van der Waals surface area contributed by atoms with E-state index in [-0.39, 0.29) is 24.7 Å². The molecule has 3 N–H and O–H groups in total. The van der Waals surface area contributed by atoms with Gasteiger partial charge in [-0.05, 0) is 30.3 Å². The van der Waals surface area contributed by atoms with Crippen LogP contribution in [0.15, 0.2) is 61.2 Å². The number of hydrogen-bond donors (Lipinski definition) is 2. The lowest BCUT2D eigenvalue weighted by atomic mass is 9.90. The minimum absolute atomic E-state index is 0.00681. The molecule has 0 amide bonds. The lowest BCUT2D eigenvalue weighted by Crippen LogP contribution is -2.43. The molecular formula is C23H30N2O3. The third kappa shape index (κ3) is 4.80. The predicted molar refractivity (Wildman–Crippen MR) is 112 cm³/mol. The first kappa shape index (κ1) is 20.6. The summed E-state index contributed by atoms with van der Waals surface area (Å²) in [6, 6.07) is 15.6. The Hall–Kier alpha value is -2.18. The van der Waals surface area contributed by atoms with Gasteiger partial charge in [0.2, 0.25) is 0 Å². The number of nitrogen functional groups attached to an aromatic ring is 1. The van der Waals surface area contributed by atoms with Crippen LogP contribution < -0.4 is 5.73 Å². The Morgan fingerprint density at radius 1 is 1.14 bits per heavy atom. The maximum absolute atomic E-state index is 9.32. The second kappa shape index (κ2) is 9.34. The average Bonchev–Trinajstić information content (AvgIpc) is 2.70.